The van der Waals surface area contributed by atoms with Crippen LogP contribution in [0.15, 0.2) is 60.8 Å². The topological polar surface area (TPSA) is 313 Å². The molecule has 0 saturated heterocycles. The number of carboxylic acids is 3. The average Bonchev–Trinajstić information content (AvgIpc) is 3.76. The van der Waals surface area contributed by atoms with E-state index in [4.69, 9.17) is 35.5 Å². The number of halogens is 2. The van der Waals surface area contributed by atoms with Gasteiger partial charge in [0.2, 0.25) is 23.6 Å². The van der Waals surface area contributed by atoms with Gasteiger partial charge >= 0.3 is 17.9 Å². The molecule has 0 bridgehead atoms. The van der Waals surface area contributed by atoms with E-state index in [0.29, 0.717) is 30.8 Å². The molecule has 422 valence electrons. The van der Waals surface area contributed by atoms with Crippen molar-refractivity contribution in [3.05, 3.63) is 83.7 Å². The number of nitrogens with zero attached hydrogens (tertiary/aromatic N) is 2. The Kier molecular flexibility index (Phi) is 29.7. The fourth-order valence-electron chi connectivity index (χ4n) is 7.40. The van der Waals surface area contributed by atoms with Crippen molar-refractivity contribution in [1.82, 2.24) is 25.4 Å². The molecule has 4 unspecified atom stereocenters. The molecule has 0 radical (unpaired) electrons. The molecular formula is C51H73F2N7O14S2. The number of aromatic nitrogens is 1. The largest absolute Gasteiger partial charge is 0.480 e. The molecule has 25 heteroatoms. The van der Waals surface area contributed by atoms with Crippen molar-refractivity contribution in [2.24, 2.45) is 16.9 Å². The first-order valence-electron chi connectivity index (χ1n) is 24.7. The number of rotatable bonds is 39. The molecule has 0 saturated carbocycles. The summed E-state index contributed by atoms with van der Waals surface area (Å²) in [5, 5.41) is 34.5. The normalized spacial score (nSPS) is 13.0. The van der Waals surface area contributed by atoms with Crippen molar-refractivity contribution in [3.8, 4) is 11.1 Å². The van der Waals surface area contributed by atoms with E-state index >= 15 is 4.39 Å². The Balaban J connectivity index is 1.33. The van der Waals surface area contributed by atoms with Gasteiger partial charge < -0.3 is 71.2 Å². The first-order valence-corrected chi connectivity index (χ1v) is 26.9. The number of amides is 4. The molecule has 0 aliphatic carbocycles. The highest BCUT2D eigenvalue weighted by Crippen LogP contribution is 2.41. The smallest absolute Gasteiger partial charge is 0.327 e. The fraction of sp³-hybridized carbons (Fsp3) is 0.549. The number of carbonyl (C=O) groups is 7. The standard InChI is InChI=1S/C51H73F2N7O14S2/c1-51(2,3)47(41-26-35(37-27-36(52)10-11-38(37)53)30-59(41)29-34-8-5-4-6-9-34)60(17-7-14-54)46(64)33-75-32-40(49(67)68)58-44(62)13-18-71-20-22-73-24-25-74-23-21-72-19-16-57-43(61)12-15-56-45(63)28-42(50(69)70)76-31-39(55)48(65)66/h4-6,8-11,26-27,30,39-40,42,47H,7,12-25,28-29,31-33,54-55H2,1-3H3,(H,56,63)(H,57,61)(H,58,62)(H,65,66)(H,67,68)(H,69,70). The maximum absolute atomic E-state index is 15.2. The molecule has 0 aliphatic rings. The molecule has 10 N–H and O–H groups in total. The van der Waals surface area contributed by atoms with E-state index in [-0.39, 0.29) is 120 Å². The molecule has 0 fully saturated rings. The molecule has 76 heavy (non-hydrogen) atoms. The maximum Gasteiger partial charge on any atom is 0.327 e. The van der Waals surface area contributed by atoms with Gasteiger partial charge in [0.25, 0.3) is 0 Å². The number of nitrogens with one attached hydrogen (secondary N) is 3. The van der Waals surface area contributed by atoms with Crippen LogP contribution in [0.3, 0.4) is 0 Å². The average molecular weight is 1110 g/mol. The lowest BCUT2D eigenvalue weighted by Crippen LogP contribution is -2.45. The van der Waals surface area contributed by atoms with Crippen LogP contribution in [0.4, 0.5) is 8.78 Å². The number of benzene rings is 2. The van der Waals surface area contributed by atoms with Crippen molar-refractivity contribution in [1.29, 1.82) is 0 Å². The van der Waals surface area contributed by atoms with Crippen molar-refractivity contribution in [2.75, 3.05) is 96.3 Å². The molecule has 1 heterocycles. The van der Waals surface area contributed by atoms with E-state index in [1.165, 1.54) is 0 Å². The number of thioether (sulfide) groups is 2. The quantitative estimate of drug-likeness (QED) is 0.0381. The third kappa shape index (κ3) is 24.5. The monoisotopic (exact) mass is 1110 g/mol. The van der Waals surface area contributed by atoms with E-state index in [0.717, 1.165) is 47.3 Å². The molecule has 21 nitrogen and oxygen atoms in total. The number of ether oxygens (including phenoxy) is 4. The van der Waals surface area contributed by atoms with Gasteiger partial charge in [-0.2, -0.15) is 0 Å². The van der Waals surface area contributed by atoms with Crippen LogP contribution >= 0.6 is 23.5 Å². The van der Waals surface area contributed by atoms with Gasteiger partial charge in [-0.3, -0.25) is 28.8 Å². The van der Waals surface area contributed by atoms with Crippen molar-refractivity contribution in [2.45, 2.75) is 76.4 Å². The van der Waals surface area contributed by atoms with Crippen LogP contribution in [-0.2, 0) is 59.1 Å². The molecule has 0 spiro atoms. The van der Waals surface area contributed by atoms with E-state index in [2.05, 4.69) is 16.0 Å². The van der Waals surface area contributed by atoms with E-state index in [1.807, 2.05) is 55.7 Å². The summed E-state index contributed by atoms with van der Waals surface area (Å²) < 4.78 is 53.3. The number of hydrogen-bond acceptors (Lipinski definition) is 15. The number of carboxylic acid groups (broad SMARTS) is 3. The Bertz CT molecular complexity index is 2310. The predicted molar refractivity (Wildman–Crippen MR) is 282 cm³/mol. The second kappa shape index (κ2) is 34.9. The number of hydrogen-bond donors (Lipinski definition) is 8. The molecule has 3 rings (SSSR count). The fourth-order valence-corrected chi connectivity index (χ4v) is 9.32. The lowest BCUT2D eigenvalue weighted by Gasteiger charge is -2.41. The number of carbonyl (C=O) groups excluding carboxylic acids is 4. The number of nitrogens with two attached hydrogens (primary N) is 2. The minimum atomic E-state index is -1.29. The summed E-state index contributed by atoms with van der Waals surface area (Å²) in [7, 11) is 0. The summed E-state index contributed by atoms with van der Waals surface area (Å²) in [6.45, 7) is 8.71. The molecule has 3 aromatic rings. The molecule has 4 amide bonds. The summed E-state index contributed by atoms with van der Waals surface area (Å²) in [5.41, 5.74) is 12.9. The van der Waals surface area contributed by atoms with Crippen LogP contribution in [-0.4, -0.2) is 180 Å². The summed E-state index contributed by atoms with van der Waals surface area (Å²) in [6, 6.07) is 11.5. The summed E-state index contributed by atoms with van der Waals surface area (Å²) in [6.07, 6.45) is 1.65. The van der Waals surface area contributed by atoms with Gasteiger partial charge in [0, 0.05) is 80.0 Å². The van der Waals surface area contributed by atoms with Gasteiger partial charge in [-0.15, -0.1) is 23.5 Å². The Morgan fingerprint density at radius 1 is 0.750 bits per heavy atom. The van der Waals surface area contributed by atoms with Crippen LogP contribution in [0.25, 0.3) is 11.1 Å². The van der Waals surface area contributed by atoms with Crippen LogP contribution in [0.1, 0.15) is 63.8 Å². The zero-order chi connectivity index (χ0) is 56.0. The lowest BCUT2D eigenvalue weighted by molar-refractivity contribution is -0.141. The third-order valence-corrected chi connectivity index (χ3v) is 13.5. The molecule has 0 aliphatic heterocycles. The summed E-state index contributed by atoms with van der Waals surface area (Å²) >= 11 is 1.81. The Morgan fingerprint density at radius 3 is 1.99 bits per heavy atom. The minimum Gasteiger partial charge on any atom is -0.480 e. The van der Waals surface area contributed by atoms with Crippen molar-refractivity contribution >= 4 is 65.1 Å². The molecular weight excluding hydrogens is 1040 g/mol. The zero-order valence-corrected chi connectivity index (χ0v) is 44.8. The van der Waals surface area contributed by atoms with Crippen LogP contribution < -0.4 is 27.4 Å². The van der Waals surface area contributed by atoms with E-state index < -0.39 is 76.6 Å². The summed E-state index contributed by atoms with van der Waals surface area (Å²) in [5.74, 6) is -7.22. The Hall–Kier alpha value is -5.67. The lowest BCUT2D eigenvalue weighted by atomic mass is 9.83. The van der Waals surface area contributed by atoms with Crippen molar-refractivity contribution < 1.29 is 76.6 Å². The highest BCUT2D eigenvalue weighted by atomic mass is 32.2. The first kappa shape index (κ1) is 64.6. The van der Waals surface area contributed by atoms with Crippen LogP contribution in [0, 0.1) is 17.0 Å². The molecule has 1 aromatic heterocycles. The second-order valence-corrected chi connectivity index (χ2v) is 20.6. The predicted octanol–water partition coefficient (Wildman–Crippen LogP) is 3.12. The van der Waals surface area contributed by atoms with E-state index in [1.54, 1.807) is 17.2 Å². The highest BCUT2D eigenvalue weighted by molar-refractivity contribution is 8.00. The van der Waals surface area contributed by atoms with Crippen LogP contribution in [0.5, 0.6) is 0 Å². The number of aliphatic carboxylic acids is 3. The molecule has 4 atom stereocenters. The first-order chi connectivity index (χ1) is 36.2. The van der Waals surface area contributed by atoms with Gasteiger partial charge in [-0.05, 0) is 48.2 Å². The van der Waals surface area contributed by atoms with Gasteiger partial charge in [-0.1, -0.05) is 51.1 Å². The van der Waals surface area contributed by atoms with Crippen molar-refractivity contribution in [3.63, 3.8) is 0 Å². The zero-order valence-electron chi connectivity index (χ0n) is 43.2. The van der Waals surface area contributed by atoms with Gasteiger partial charge in [0.15, 0.2) is 0 Å². The second-order valence-electron chi connectivity index (χ2n) is 18.3. The Labute approximate surface area is 449 Å². The molecule has 2 aromatic carbocycles. The van der Waals surface area contributed by atoms with Gasteiger partial charge in [0.1, 0.15) is 29.0 Å². The maximum atomic E-state index is 15.2. The third-order valence-electron chi connectivity index (χ3n) is 11.1. The van der Waals surface area contributed by atoms with Crippen LogP contribution in [0.2, 0.25) is 0 Å². The Morgan fingerprint density at radius 2 is 1.38 bits per heavy atom. The minimum absolute atomic E-state index is 0.00520. The van der Waals surface area contributed by atoms with Gasteiger partial charge in [0.05, 0.1) is 64.6 Å². The van der Waals surface area contributed by atoms with Gasteiger partial charge in [-0.25, -0.2) is 13.6 Å². The highest BCUT2D eigenvalue weighted by Gasteiger charge is 2.37. The van der Waals surface area contributed by atoms with E-state index in [9.17, 15) is 48.2 Å². The SMILES string of the molecule is CC(C)(C)C(c1cc(-c2cc(F)ccc2F)cn1Cc1ccccc1)N(CCCN)C(=O)CSCC(NC(=O)CCOCCOCCOCCOCCNC(=O)CCNC(=O)CC(SCC(N)C(=O)O)C(=O)O)C(=O)O. The summed E-state index contributed by atoms with van der Waals surface area (Å²) in [4.78, 5) is 87.2.